The van der Waals surface area contributed by atoms with Crippen LogP contribution < -0.4 is 15.7 Å². The van der Waals surface area contributed by atoms with Crippen molar-refractivity contribution in [1.82, 2.24) is 4.98 Å². The zero-order chi connectivity index (χ0) is 32.4. The number of ether oxygens (including phenoxy) is 1. The molecule has 13 nitrogen and oxygen atoms in total. The van der Waals surface area contributed by atoms with Gasteiger partial charge in [-0.2, -0.15) is 0 Å². The molecule has 1 saturated heterocycles. The van der Waals surface area contributed by atoms with Crippen LogP contribution in [-0.2, 0) is 28.9 Å². The number of carbonyl (C=O) groups excluding carboxylic acids is 1. The molecule has 6 N–H and O–H groups in total. The molecule has 3 atom stereocenters. The van der Waals surface area contributed by atoms with Crippen molar-refractivity contribution in [3.63, 3.8) is 0 Å². The van der Waals surface area contributed by atoms with Crippen molar-refractivity contribution in [2.75, 3.05) is 22.8 Å². The maximum atomic E-state index is 10.2. The number of anilines is 1. The molecule has 0 bridgehead atoms. The summed E-state index contributed by atoms with van der Waals surface area (Å²) in [5.41, 5.74) is -1.68. The first kappa shape index (κ1) is 36.8. The molecule has 1 aliphatic heterocycles. The fraction of sp³-hybridized carbons (Fsp3) is 0.571. The lowest BCUT2D eigenvalue weighted by molar-refractivity contribution is -0.684. The van der Waals surface area contributed by atoms with Gasteiger partial charge in [0, 0.05) is 39.6 Å². The number of rotatable bonds is 14. The number of pyridine rings is 1. The lowest BCUT2D eigenvalue weighted by Gasteiger charge is -2.47. The third-order valence-corrected chi connectivity index (χ3v) is 8.83. The maximum absolute atomic E-state index is 10.2. The summed E-state index contributed by atoms with van der Waals surface area (Å²) in [5.74, 6) is -5.35. The van der Waals surface area contributed by atoms with Gasteiger partial charge in [-0.15, -0.1) is 0 Å². The SMILES string of the molecule is CC(CCC1OOC(C)(C)C(C)(CI)O1)[NH2+]CCNc1ccnc2cc(Cl)ccc12.O=C(O)CC(O)(CC(=O)O)C(=O)[O-]. The Morgan fingerprint density at radius 1 is 1.21 bits per heavy atom. The predicted molar refractivity (Wildman–Crippen MR) is 164 cm³/mol. The van der Waals surface area contributed by atoms with E-state index in [4.69, 9.17) is 41.4 Å². The first-order valence-electron chi connectivity index (χ1n) is 13.6. The summed E-state index contributed by atoms with van der Waals surface area (Å²) in [7, 11) is 0. The van der Waals surface area contributed by atoms with Crippen molar-refractivity contribution >= 4 is 68.7 Å². The molecule has 2 aromatic rings. The highest BCUT2D eigenvalue weighted by atomic mass is 127. The van der Waals surface area contributed by atoms with Crippen LogP contribution in [0.4, 0.5) is 5.69 Å². The molecule has 1 aromatic heterocycles. The van der Waals surface area contributed by atoms with E-state index >= 15 is 0 Å². The van der Waals surface area contributed by atoms with Gasteiger partial charge in [0.1, 0.15) is 16.8 Å². The van der Waals surface area contributed by atoms with Gasteiger partial charge in [0.15, 0.2) is 6.29 Å². The largest absolute Gasteiger partial charge is 0.547 e. The number of hydrogen-bond acceptors (Lipinski definition) is 10. The van der Waals surface area contributed by atoms with E-state index < -0.39 is 42.0 Å². The number of quaternary nitrogens is 1. The van der Waals surface area contributed by atoms with Crippen LogP contribution in [0.15, 0.2) is 30.5 Å². The van der Waals surface area contributed by atoms with Crippen LogP contribution in [0.2, 0.25) is 5.02 Å². The highest BCUT2D eigenvalue weighted by molar-refractivity contribution is 14.1. The number of carboxylic acids is 3. The number of nitrogens with one attached hydrogen (secondary N) is 1. The topological polar surface area (TPSA) is 204 Å². The van der Waals surface area contributed by atoms with E-state index in [1.807, 2.05) is 44.3 Å². The van der Waals surface area contributed by atoms with Crippen LogP contribution in [0.25, 0.3) is 10.9 Å². The summed E-state index contributed by atoms with van der Waals surface area (Å²) in [6.07, 6.45) is 0.876. The van der Waals surface area contributed by atoms with Crippen molar-refractivity contribution in [3.8, 4) is 0 Å². The van der Waals surface area contributed by atoms with E-state index in [0.717, 1.165) is 46.9 Å². The summed E-state index contributed by atoms with van der Waals surface area (Å²) >= 11 is 8.41. The third kappa shape index (κ3) is 11.0. The summed E-state index contributed by atoms with van der Waals surface area (Å²) in [4.78, 5) is 45.9. The number of hydrogen-bond donors (Lipinski definition) is 5. The molecule has 0 spiro atoms. The molecule has 1 aromatic carbocycles. The molecule has 0 aliphatic carbocycles. The van der Waals surface area contributed by atoms with Crippen LogP contribution in [0.5, 0.6) is 0 Å². The number of carbonyl (C=O) groups is 3. The summed E-state index contributed by atoms with van der Waals surface area (Å²) < 4.78 is 7.07. The molecule has 2 heterocycles. The number of aliphatic hydroxyl groups is 1. The van der Waals surface area contributed by atoms with Gasteiger partial charge in [-0.05, 0) is 52.0 Å². The third-order valence-electron chi connectivity index (χ3n) is 7.14. The number of aliphatic carboxylic acids is 3. The molecule has 240 valence electrons. The minimum Gasteiger partial charge on any atom is -0.547 e. The molecular weight excluding hydrogens is 701 g/mol. The Balaban J connectivity index is 0.000000420. The standard InChI is InChI=1S/C22H31ClIN3O3.C6H8O7/c1-15(5-8-20-28-22(4,14-24)21(2,3)30-29-20)25-11-12-27-18-9-10-26-19-13-16(23)6-7-17(18)19;7-3(8)1-6(13,5(11)12)2-4(9)10/h6-7,9-10,13,15,20,25H,5,8,11-12,14H2,1-4H3,(H,26,27);13H,1-2H2,(H,7,8)(H,9,10)(H,11,12). The first-order valence-corrected chi connectivity index (χ1v) is 15.5. The fourth-order valence-corrected chi connectivity index (χ4v) is 5.35. The second-order valence-electron chi connectivity index (χ2n) is 11.1. The second-order valence-corrected chi connectivity index (χ2v) is 12.3. The van der Waals surface area contributed by atoms with Crippen molar-refractivity contribution < 1.29 is 54.6 Å². The van der Waals surface area contributed by atoms with E-state index in [9.17, 15) is 19.5 Å². The van der Waals surface area contributed by atoms with Crippen LogP contribution in [0.3, 0.4) is 0 Å². The van der Waals surface area contributed by atoms with E-state index in [-0.39, 0.29) is 11.9 Å². The second kappa shape index (κ2) is 16.1. The highest BCUT2D eigenvalue weighted by Gasteiger charge is 2.49. The van der Waals surface area contributed by atoms with Gasteiger partial charge in [-0.25, -0.2) is 9.78 Å². The lowest BCUT2D eigenvalue weighted by atomic mass is 9.89. The summed E-state index contributed by atoms with van der Waals surface area (Å²) in [6, 6.07) is 8.26. The number of benzene rings is 1. The number of nitrogens with zero attached hydrogens (tertiary/aromatic N) is 1. The molecule has 0 radical (unpaired) electrons. The van der Waals surface area contributed by atoms with Gasteiger partial charge in [0.2, 0.25) is 0 Å². The summed E-state index contributed by atoms with van der Waals surface area (Å²) in [6.45, 7) is 10.2. The first-order chi connectivity index (χ1) is 20.0. The minimum atomic E-state index is -2.85. The minimum absolute atomic E-state index is 0.318. The molecule has 0 amide bonds. The number of halogens is 2. The monoisotopic (exact) mass is 739 g/mol. The molecule has 1 fully saturated rings. The van der Waals surface area contributed by atoms with Crippen LogP contribution in [0, 0.1) is 0 Å². The molecule has 3 rings (SSSR count). The molecular formula is C28H39ClIN3O10. The fourth-order valence-electron chi connectivity index (χ4n) is 4.09. The molecule has 43 heavy (non-hydrogen) atoms. The average molecular weight is 740 g/mol. The van der Waals surface area contributed by atoms with Crippen molar-refractivity contribution in [2.45, 2.75) is 82.5 Å². The zero-order valence-corrected chi connectivity index (χ0v) is 27.4. The Bertz CT molecular complexity index is 1250. The number of aromatic nitrogens is 1. The quantitative estimate of drug-likeness (QED) is 0.0814. The highest BCUT2D eigenvalue weighted by Crippen LogP contribution is 2.38. The normalized spacial score (nSPS) is 20.5. The zero-order valence-electron chi connectivity index (χ0n) is 24.5. The maximum Gasteiger partial charge on any atom is 0.306 e. The molecule has 1 aliphatic rings. The van der Waals surface area contributed by atoms with Crippen LogP contribution in [0.1, 0.15) is 53.4 Å². The van der Waals surface area contributed by atoms with Crippen molar-refractivity contribution in [3.05, 3.63) is 35.5 Å². The number of carboxylic acid groups (broad SMARTS) is 3. The van der Waals surface area contributed by atoms with Crippen LogP contribution >= 0.6 is 34.2 Å². The van der Waals surface area contributed by atoms with E-state index in [1.165, 1.54) is 0 Å². The van der Waals surface area contributed by atoms with Gasteiger partial charge in [0.25, 0.3) is 0 Å². The Morgan fingerprint density at radius 3 is 2.44 bits per heavy atom. The van der Waals surface area contributed by atoms with Crippen molar-refractivity contribution in [2.24, 2.45) is 0 Å². The lowest BCUT2D eigenvalue weighted by Crippen LogP contribution is -2.90. The van der Waals surface area contributed by atoms with E-state index in [1.54, 1.807) is 0 Å². The van der Waals surface area contributed by atoms with Crippen LogP contribution in [-0.4, -0.2) is 84.9 Å². The molecule has 15 heteroatoms. The van der Waals surface area contributed by atoms with Gasteiger partial charge >= 0.3 is 11.9 Å². The van der Waals surface area contributed by atoms with E-state index in [0.29, 0.717) is 11.1 Å². The molecule has 0 saturated carbocycles. The van der Waals surface area contributed by atoms with E-state index in [2.05, 4.69) is 52.1 Å². The van der Waals surface area contributed by atoms with Gasteiger partial charge in [0.05, 0.1) is 43.5 Å². The molecule has 3 unspecified atom stereocenters. The summed E-state index contributed by atoms with van der Waals surface area (Å²) in [5, 5.41) is 43.2. The number of fused-ring (bicyclic) bond motifs is 1. The van der Waals surface area contributed by atoms with Gasteiger partial charge < -0.3 is 40.6 Å². The number of alkyl halides is 1. The average Bonchev–Trinajstić information content (AvgIpc) is 2.91. The Labute approximate surface area is 268 Å². The Morgan fingerprint density at radius 2 is 1.86 bits per heavy atom. The number of nitrogens with two attached hydrogens (primary N) is 1. The Kier molecular flexibility index (Phi) is 13.8. The van der Waals surface area contributed by atoms with Gasteiger partial charge in [-0.3, -0.25) is 14.6 Å². The predicted octanol–water partition coefficient (Wildman–Crippen LogP) is 1.73. The van der Waals surface area contributed by atoms with Crippen molar-refractivity contribution in [1.29, 1.82) is 0 Å². The Hall–Kier alpha value is -2.34. The van der Waals surface area contributed by atoms with Gasteiger partial charge in [-0.1, -0.05) is 34.2 Å². The smallest absolute Gasteiger partial charge is 0.306 e.